The van der Waals surface area contributed by atoms with E-state index in [0.29, 0.717) is 6.42 Å². The van der Waals surface area contributed by atoms with Gasteiger partial charge in [0.05, 0.1) is 12.2 Å². The molecular formula is C32H53F3N2O6. The number of carbonyl (C=O) groups excluding carboxylic acids is 1. The van der Waals surface area contributed by atoms with E-state index in [2.05, 4.69) is 12.2 Å². The molecule has 248 valence electrons. The van der Waals surface area contributed by atoms with Gasteiger partial charge >= 0.3 is 12.2 Å². The van der Waals surface area contributed by atoms with Gasteiger partial charge in [0.1, 0.15) is 24.4 Å². The molecule has 5 atom stereocenters. The van der Waals surface area contributed by atoms with E-state index in [0.717, 1.165) is 42.7 Å². The first-order valence-electron chi connectivity index (χ1n) is 16.2. The van der Waals surface area contributed by atoms with Gasteiger partial charge < -0.3 is 30.5 Å². The molecule has 0 aromatic heterocycles. The molecule has 1 aromatic carbocycles. The second-order valence-electron chi connectivity index (χ2n) is 11.7. The second kappa shape index (κ2) is 20.2. The number of nitrogens with zero attached hydrogens (tertiary/aromatic N) is 1. The van der Waals surface area contributed by atoms with Crippen molar-refractivity contribution in [2.75, 3.05) is 18.5 Å². The molecule has 8 nitrogen and oxygen atoms in total. The largest absolute Gasteiger partial charge is 0.416 e. The lowest BCUT2D eigenvalue weighted by molar-refractivity contribution is -0.256. The summed E-state index contributed by atoms with van der Waals surface area (Å²) in [5, 5.41) is 43.0. The van der Waals surface area contributed by atoms with Gasteiger partial charge in [0.25, 0.3) is 0 Å². The Morgan fingerprint density at radius 3 is 1.81 bits per heavy atom. The van der Waals surface area contributed by atoms with Crippen molar-refractivity contribution in [2.45, 2.75) is 146 Å². The molecule has 2 rings (SSSR count). The molecular weight excluding hydrogens is 565 g/mol. The molecule has 0 spiro atoms. The Labute approximate surface area is 254 Å². The fourth-order valence-corrected chi connectivity index (χ4v) is 5.48. The predicted molar refractivity (Wildman–Crippen MR) is 160 cm³/mol. The highest BCUT2D eigenvalue weighted by atomic mass is 19.4. The predicted octanol–water partition coefficient (Wildman–Crippen LogP) is 6.60. The number of urea groups is 1. The number of ether oxygens (including phenoxy) is 1. The maximum absolute atomic E-state index is 13.2. The van der Waals surface area contributed by atoms with E-state index in [4.69, 9.17) is 4.74 Å². The number of alkyl halides is 3. The number of anilines is 1. The van der Waals surface area contributed by atoms with Gasteiger partial charge in [-0.05, 0) is 24.6 Å². The highest BCUT2D eigenvalue weighted by molar-refractivity contribution is 5.89. The third-order valence-corrected chi connectivity index (χ3v) is 8.13. The second-order valence-corrected chi connectivity index (χ2v) is 11.7. The molecule has 5 N–H and O–H groups in total. The number of hydrogen-bond acceptors (Lipinski definition) is 6. The first-order chi connectivity index (χ1) is 20.6. The normalized spacial score (nSPS) is 22.5. The molecule has 1 heterocycles. The Bertz CT molecular complexity index is 904. The van der Waals surface area contributed by atoms with Crippen LogP contribution in [0.15, 0.2) is 24.3 Å². The monoisotopic (exact) mass is 618 g/mol. The Balaban J connectivity index is 1.81. The SMILES string of the molecule is CCCCCCCCCCCCCCCCCCN(C(=O)Nc1cccc(C(F)(F)F)c1)[C@@H]1O[C@H](CO)[C@@H](O)[C@H](O)[C@H]1O. The molecule has 1 aliphatic rings. The van der Waals surface area contributed by atoms with Crippen LogP contribution in [0.2, 0.25) is 0 Å². The van der Waals surface area contributed by atoms with Crippen molar-refractivity contribution in [1.82, 2.24) is 4.90 Å². The first-order valence-corrected chi connectivity index (χ1v) is 16.2. The molecule has 2 amide bonds. The zero-order chi connectivity index (χ0) is 31.7. The van der Waals surface area contributed by atoms with Crippen LogP contribution in [0.4, 0.5) is 23.7 Å². The highest BCUT2D eigenvalue weighted by Crippen LogP contribution is 2.31. The lowest BCUT2D eigenvalue weighted by Gasteiger charge is -2.44. The van der Waals surface area contributed by atoms with Crippen LogP contribution < -0.4 is 5.32 Å². The van der Waals surface area contributed by atoms with Crippen molar-refractivity contribution in [3.8, 4) is 0 Å². The van der Waals surface area contributed by atoms with E-state index in [1.807, 2.05) is 0 Å². The Morgan fingerprint density at radius 1 is 0.814 bits per heavy atom. The van der Waals surface area contributed by atoms with Gasteiger partial charge in [0.2, 0.25) is 0 Å². The maximum atomic E-state index is 13.2. The van der Waals surface area contributed by atoms with Crippen LogP contribution >= 0.6 is 0 Å². The van der Waals surface area contributed by atoms with Crippen molar-refractivity contribution < 1.29 is 43.1 Å². The van der Waals surface area contributed by atoms with E-state index < -0.39 is 55.0 Å². The number of nitrogens with one attached hydrogen (secondary N) is 1. The van der Waals surface area contributed by atoms with Gasteiger partial charge in [-0.3, -0.25) is 4.90 Å². The third kappa shape index (κ3) is 13.3. The van der Waals surface area contributed by atoms with Crippen molar-refractivity contribution in [3.05, 3.63) is 29.8 Å². The third-order valence-electron chi connectivity index (χ3n) is 8.13. The average Bonchev–Trinajstić information content (AvgIpc) is 2.98. The summed E-state index contributed by atoms with van der Waals surface area (Å²) in [7, 11) is 0. The number of amides is 2. The van der Waals surface area contributed by atoms with Gasteiger partial charge in [-0.15, -0.1) is 0 Å². The first kappa shape index (κ1) is 37.3. The van der Waals surface area contributed by atoms with Crippen molar-refractivity contribution in [1.29, 1.82) is 0 Å². The fraction of sp³-hybridized carbons (Fsp3) is 0.781. The molecule has 0 unspecified atom stereocenters. The number of aliphatic hydroxyl groups is 4. The summed E-state index contributed by atoms with van der Waals surface area (Å²) >= 11 is 0. The van der Waals surface area contributed by atoms with E-state index in [-0.39, 0.29) is 12.2 Å². The minimum absolute atomic E-state index is 0.0892. The van der Waals surface area contributed by atoms with Gasteiger partial charge in [0.15, 0.2) is 6.23 Å². The molecule has 1 aromatic rings. The maximum Gasteiger partial charge on any atom is 0.416 e. The minimum Gasteiger partial charge on any atom is -0.394 e. The van der Waals surface area contributed by atoms with Crippen LogP contribution in [0.5, 0.6) is 0 Å². The summed E-state index contributed by atoms with van der Waals surface area (Å²) < 4.78 is 45.1. The summed E-state index contributed by atoms with van der Waals surface area (Å²) in [6.45, 7) is 1.66. The van der Waals surface area contributed by atoms with Gasteiger partial charge in [0, 0.05) is 12.2 Å². The number of carbonyl (C=O) groups is 1. The lowest BCUT2D eigenvalue weighted by atomic mass is 9.97. The lowest BCUT2D eigenvalue weighted by Crippen LogP contribution is -2.64. The fourth-order valence-electron chi connectivity index (χ4n) is 5.48. The summed E-state index contributed by atoms with van der Waals surface area (Å²) in [5.74, 6) is 0. The van der Waals surface area contributed by atoms with Gasteiger partial charge in [-0.1, -0.05) is 109 Å². The number of benzene rings is 1. The molecule has 11 heteroatoms. The van der Waals surface area contributed by atoms with Crippen molar-refractivity contribution >= 4 is 11.7 Å². The quantitative estimate of drug-likeness (QED) is 0.105. The van der Waals surface area contributed by atoms with E-state index in [1.165, 1.54) is 82.8 Å². The summed E-state index contributed by atoms with van der Waals surface area (Å²) in [5.41, 5.74) is -1.02. The number of rotatable bonds is 20. The van der Waals surface area contributed by atoms with E-state index in [1.54, 1.807) is 0 Å². The van der Waals surface area contributed by atoms with Crippen LogP contribution in [-0.2, 0) is 10.9 Å². The summed E-state index contributed by atoms with van der Waals surface area (Å²) in [4.78, 5) is 14.3. The topological polar surface area (TPSA) is 122 Å². The molecule has 1 saturated heterocycles. The average molecular weight is 619 g/mol. The van der Waals surface area contributed by atoms with E-state index in [9.17, 15) is 38.4 Å². The Kier molecular flexibility index (Phi) is 17.5. The Hall–Kier alpha value is -1.92. The molecule has 1 aliphatic heterocycles. The molecule has 43 heavy (non-hydrogen) atoms. The highest BCUT2D eigenvalue weighted by Gasteiger charge is 2.46. The Morgan fingerprint density at radius 2 is 1.33 bits per heavy atom. The van der Waals surface area contributed by atoms with Crippen LogP contribution in [0.3, 0.4) is 0 Å². The molecule has 0 radical (unpaired) electrons. The summed E-state index contributed by atoms with van der Waals surface area (Å²) in [6, 6.07) is 3.35. The zero-order valence-electron chi connectivity index (χ0n) is 25.6. The standard InChI is InChI=1S/C32H53F3N2O6/c1-2-3-4-5-6-7-8-9-10-11-12-13-14-15-16-17-21-37(30-29(41)28(40)27(39)26(23-38)43-30)31(42)36-25-20-18-19-24(22-25)32(33,34)35/h18-20,22,26-30,38-41H,2-17,21,23H2,1H3,(H,36,42)/t26-,27-,28+,29-,30-/m1/s1. The molecule has 0 saturated carbocycles. The molecule has 0 bridgehead atoms. The number of halogens is 3. The van der Waals surface area contributed by atoms with Crippen LogP contribution in [0, 0.1) is 0 Å². The van der Waals surface area contributed by atoms with Crippen LogP contribution in [-0.4, -0.2) is 75.2 Å². The van der Waals surface area contributed by atoms with Gasteiger partial charge in [-0.2, -0.15) is 13.2 Å². The van der Waals surface area contributed by atoms with E-state index >= 15 is 0 Å². The molecule has 1 fully saturated rings. The number of unbranched alkanes of at least 4 members (excludes halogenated alkanes) is 15. The minimum atomic E-state index is -4.59. The molecule has 0 aliphatic carbocycles. The smallest absolute Gasteiger partial charge is 0.394 e. The van der Waals surface area contributed by atoms with Crippen molar-refractivity contribution in [2.24, 2.45) is 0 Å². The van der Waals surface area contributed by atoms with Gasteiger partial charge in [-0.25, -0.2) is 4.79 Å². The van der Waals surface area contributed by atoms with Crippen LogP contribution in [0.1, 0.15) is 115 Å². The number of hydrogen-bond donors (Lipinski definition) is 5. The van der Waals surface area contributed by atoms with Crippen LogP contribution in [0.25, 0.3) is 0 Å². The number of aliphatic hydroxyl groups excluding tert-OH is 4. The zero-order valence-corrected chi connectivity index (χ0v) is 25.6. The van der Waals surface area contributed by atoms with Crippen molar-refractivity contribution in [3.63, 3.8) is 0 Å². The summed E-state index contributed by atoms with van der Waals surface area (Å²) in [6.07, 6.45) is 6.54.